The van der Waals surface area contributed by atoms with Gasteiger partial charge in [-0.25, -0.2) is 15.0 Å². The van der Waals surface area contributed by atoms with Gasteiger partial charge in [-0.3, -0.25) is 14.6 Å². The largest absolute Gasteiger partial charge is 0.494 e. The smallest absolute Gasteiger partial charge is 0.272 e. The Balaban J connectivity index is 1.80. The quantitative estimate of drug-likeness (QED) is 0.390. The maximum atomic E-state index is 13.0. The van der Waals surface area contributed by atoms with Gasteiger partial charge >= 0.3 is 0 Å². The number of pyridine rings is 3. The van der Waals surface area contributed by atoms with Crippen molar-refractivity contribution in [1.82, 2.24) is 20.0 Å². The number of hydrogen-bond donors (Lipinski definition) is 2. The van der Waals surface area contributed by atoms with Gasteiger partial charge < -0.3 is 5.11 Å². The minimum absolute atomic E-state index is 0.196. The second-order valence-electron chi connectivity index (χ2n) is 6.20. The number of carbonyl (C=O) groups is 1. The number of nitrogens with one attached hydrogen (secondary N) is 1. The molecule has 4 rings (SSSR count). The number of fused-ring (bicyclic) bond motifs is 1. The molecule has 0 saturated heterocycles. The van der Waals surface area contributed by atoms with Gasteiger partial charge in [0.1, 0.15) is 5.82 Å². The summed E-state index contributed by atoms with van der Waals surface area (Å²) in [5.41, 5.74) is 2.51. The van der Waals surface area contributed by atoms with E-state index in [0.29, 0.717) is 21.4 Å². The zero-order valence-electron chi connectivity index (χ0n) is 15.4. The van der Waals surface area contributed by atoms with Crippen LogP contribution >= 0.6 is 11.6 Å². The van der Waals surface area contributed by atoms with E-state index in [0.717, 1.165) is 4.57 Å². The molecule has 0 aliphatic carbocycles. The van der Waals surface area contributed by atoms with Crippen LogP contribution < -0.4 is 11.0 Å². The normalized spacial score (nSPS) is 11.1. The SMILES string of the molecule is O=C(N/N=C\c1c(O)n(-c2ccc(Cl)cn2)c(=O)c2ccccc12)c1cccnc1. The van der Waals surface area contributed by atoms with Crippen molar-refractivity contribution < 1.29 is 9.90 Å². The molecule has 9 heteroatoms. The molecule has 1 amide bonds. The van der Waals surface area contributed by atoms with Gasteiger partial charge in [-0.2, -0.15) is 5.10 Å². The van der Waals surface area contributed by atoms with Gasteiger partial charge in [0, 0.05) is 29.4 Å². The fourth-order valence-corrected chi connectivity index (χ4v) is 3.03. The number of hydrazone groups is 1. The second kappa shape index (κ2) is 8.14. The van der Waals surface area contributed by atoms with Crippen LogP contribution in [0.25, 0.3) is 16.6 Å². The summed E-state index contributed by atoms with van der Waals surface area (Å²) in [5, 5.41) is 16.0. The van der Waals surface area contributed by atoms with Crippen LogP contribution in [0.15, 0.2) is 77.0 Å². The van der Waals surface area contributed by atoms with Crippen molar-refractivity contribution >= 4 is 34.5 Å². The van der Waals surface area contributed by atoms with Crippen molar-refractivity contribution in [2.45, 2.75) is 0 Å². The predicted molar refractivity (Wildman–Crippen MR) is 113 cm³/mol. The molecule has 0 fully saturated rings. The van der Waals surface area contributed by atoms with Crippen molar-refractivity contribution in [1.29, 1.82) is 0 Å². The van der Waals surface area contributed by atoms with Gasteiger partial charge in [0.2, 0.25) is 5.88 Å². The van der Waals surface area contributed by atoms with E-state index in [1.165, 1.54) is 24.7 Å². The Hall–Kier alpha value is -4.04. The maximum Gasteiger partial charge on any atom is 0.272 e. The summed E-state index contributed by atoms with van der Waals surface area (Å²) in [4.78, 5) is 33.1. The lowest BCUT2D eigenvalue weighted by molar-refractivity contribution is 0.0954. The molecule has 0 unspecified atom stereocenters. The van der Waals surface area contributed by atoms with Gasteiger partial charge in [0.15, 0.2) is 0 Å². The highest BCUT2D eigenvalue weighted by molar-refractivity contribution is 6.30. The van der Waals surface area contributed by atoms with Crippen molar-refractivity contribution in [3.05, 3.63) is 93.6 Å². The van der Waals surface area contributed by atoms with Crippen molar-refractivity contribution in [3.8, 4) is 11.7 Å². The maximum absolute atomic E-state index is 13.0. The molecule has 148 valence electrons. The van der Waals surface area contributed by atoms with E-state index >= 15 is 0 Å². The van der Waals surface area contributed by atoms with Crippen molar-refractivity contribution in [2.24, 2.45) is 5.10 Å². The molecular formula is C21H14ClN5O3. The lowest BCUT2D eigenvalue weighted by Crippen LogP contribution is -2.21. The Labute approximate surface area is 175 Å². The van der Waals surface area contributed by atoms with Crippen molar-refractivity contribution in [3.63, 3.8) is 0 Å². The molecule has 0 atom stereocenters. The number of carbonyl (C=O) groups excluding carboxylic acids is 1. The molecule has 0 bridgehead atoms. The summed E-state index contributed by atoms with van der Waals surface area (Å²) in [5.74, 6) is -0.634. The molecule has 2 N–H and O–H groups in total. The molecule has 30 heavy (non-hydrogen) atoms. The summed E-state index contributed by atoms with van der Waals surface area (Å²) in [6.45, 7) is 0. The highest BCUT2D eigenvalue weighted by atomic mass is 35.5. The lowest BCUT2D eigenvalue weighted by Gasteiger charge is -2.12. The highest BCUT2D eigenvalue weighted by Crippen LogP contribution is 2.25. The van der Waals surface area contributed by atoms with Gasteiger partial charge in [0.25, 0.3) is 11.5 Å². The number of amides is 1. The molecule has 0 spiro atoms. The molecule has 0 saturated carbocycles. The standard InChI is InChI=1S/C21H14ClN5O3/c22-14-7-8-18(24-11-14)27-20(29)16-6-2-1-5-15(16)17(21(27)30)12-25-26-19(28)13-4-3-9-23-10-13/h1-12,30H,(H,26,28)/b25-12-. The number of aromatic hydroxyl groups is 1. The molecule has 1 aromatic carbocycles. The monoisotopic (exact) mass is 419 g/mol. The van der Waals surface area contributed by atoms with Crippen LogP contribution in [-0.4, -0.2) is 31.8 Å². The topological polar surface area (TPSA) is 109 Å². The molecule has 3 aromatic heterocycles. The number of benzene rings is 1. The first-order valence-corrected chi connectivity index (χ1v) is 9.16. The van der Waals surface area contributed by atoms with Crippen LogP contribution in [0.4, 0.5) is 0 Å². The van der Waals surface area contributed by atoms with Gasteiger partial charge in [-0.1, -0.05) is 29.8 Å². The van der Waals surface area contributed by atoms with E-state index in [9.17, 15) is 14.7 Å². The van der Waals surface area contributed by atoms with E-state index in [-0.39, 0.29) is 17.3 Å². The fourth-order valence-electron chi connectivity index (χ4n) is 2.92. The molecule has 4 aromatic rings. The molecular weight excluding hydrogens is 406 g/mol. The first-order valence-electron chi connectivity index (χ1n) is 8.78. The first kappa shape index (κ1) is 19.3. The summed E-state index contributed by atoms with van der Waals surface area (Å²) in [7, 11) is 0. The molecule has 0 radical (unpaired) electrons. The zero-order chi connectivity index (χ0) is 21.1. The third-order valence-corrected chi connectivity index (χ3v) is 4.55. The number of aromatic nitrogens is 3. The summed E-state index contributed by atoms with van der Waals surface area (Å²) < 4.78 is 1.06. The van der Waals surface area contributed by atoms with Crippen LogP contribution in [0.2, 0.25) is 5.02 Å². The Kier molecular flexibility index (Phi) is 5.23. The number of nitrogens with zero attached hydrogens (tertiary/aromatic N) is 4. The highest BCUT2D eigenvalue weighted by Gasteiger charge is 2.17. The third-order valence-electron chi connectivity index (χ3n) is 4.33. The van der Waals surface area contributed by atoms with Gasteiger partial charge in [-0.15, -0.1) is 0 Å². The van der Waals surface area contributed by atoms with Crippen LogP contribution in [0, 0.1) is 0 Å². The number of rotatable bonds is 4. The molecule has 3 heterocycles. The average Bonchev–Trinajstić information content (AvgIpc) is 2.78. The van der Waals surface area contributed by atoms with E-state index in [4.69, 9.17) is 11.6 Å². The van der Waals surface area contributed by atoms with E-state index in [2.05, 4.69) is 20.5 Å². The van der Waals surface area contributed by atoms with Crippen LogP contribution in [0.1, 0.15) is 15.9 Å². The van der Waals surface area contributed by atoms with Gasteiger partial charge in [0.05, 0.1) is 22.4 Å². The van der Waals surface area contributed by atoms with Crippen LogP contribution in [0.3, 0.4) is 0 Å². The van der Waals surface area contributed by atoms with E-state index < -0.39 is 11.5 Å². The third kappa shape index (κ3) is 3.63. The predicted octanol–water partition coefficient (Wildman–Crippen LogP) is 2.90. The lowest BCUT2D eigenvalue weighted by atomic mass is 10.1. The minimum atomic E-state index is -0.462. The Morgan fingerprint density at radius 1 is 1.10 bits per heavy atom. The summed E-state index contributed by atoms with van der Waals surface area (Å²) in [6.07, 6.45) is 5.61. The molecule has 0 aliphatic heterocycles. The number of halogens is 1. The second-order valence-corrected chi connectivity index (χ2v) is 6.64. The summed E-state index contributed by atoms with van der Waals surface area (Å²) >= 11 is 5.88. The fraction of sp³-hybridized carbons (Fsp3) is 0. The van der Waals surface area contributed by atoms with Crippen molar-refractivity contribution in [2.75, 3.05) is 0 Å². The Morgan fingerprint density at radius 2 is 1.90 bits per heavy atom. The van der Waals surface area contributed by atoms with Crippen LogP contribution in [0.5, 0.6) is 5.88 Å². The Morgan fingerprint density at radius 3 is 2.60 bits per heavy atom. The van der Waals surface area contributed by atoms with Crippen LogP contribution in [-0.2, 0) is 0 Å². The molecule has 0 aliphatic rings. The summed E-state index contributed by atoms with van der Waals surface area (Å²) in [6, 6.07) is 13.1. The molecule has 8 nitrogen and oxygen atoms in total. The zero-order valence-corrected chi connectivity index (χ0v) is 16.1. The van der Waals surface area contributed by atoms with Gasteiger partial charge in [-0.05, 0) is 30.3 Å². The minimum Gasteiger partial charge on any atom is -0.494 e. The first-order chi connectivity index (χ1) is 14.6. The van der Waals surface area contributed by atoms with E-state index in [1.54, 1.807) is 48.7 Å². The average molecular weight is 420 g/mol. The van der Waals surface area contributed by atoms with E-state index in [1.807, 2.05) is 0 Å². The number of hydrogen-bond acceptors (Lipinski definition) is 6. The Bertz CT molecular complexity index is 1320.